The second-order valence-corrected chi connectivity index (χ2v) is 7.15. The number of para-hydroxylation sites is 1. The predicted molar refractivity (Wildman–Crippen MR) is 113 cm³/mol. The number of nitrogens with one attached hydrogen (secondary N) is 1. The van der Waals surface area contributed by atoms with Gasteiger partial charge in [-0.25, -0.2) is 0 Å². The molecular formula is C23H31NO5. The SMILES string of the molecule is CC(=O)Oc1c(C)cc(OC[C@@H](O)CNCCOc2ccccc2C)c(C)c1C. The molecule has 0 saturated carbocycles. The largest absolute Gasteiger partial charge is 0.492 e. The van der Waals surface area contributed by atoms with E-state index in [1.807, 2.05) is 58.0 Å². The molecule has 0 amide bonds. The smallest absolute Gasteiger partial charge is 0.308 e. The zero-order chi connectivity index (χ0) is 21.4. The molecule has 0 heterocycles. The molecule has 1 atom stereocenters. The van der Waals surface area contributed by atoms with E-state index in [-0.39, 0.29) is 12.6 Å². The number of aliphatic hydroxyl groups is 1. The fraction of sp³-hybridized carbons (Fsp3) is 0.435. The van der Waals surface area contributed by atoms with Crippen LogP contribution in [-0.4, -0.2) is 43.5 Å². The van der Waals surface area contributed by atoms with Gasteiger partial charge in [-0.3, -0.25) is 4.79 Å². The van der Waals surface area contributed by atoms with E-state index in [0.29, 0.717) is 31.2 Å². The lowest BCUT2D eigenvalue weighted by atomic mass is 10.0. The number of esters is 1. The molecule has 0 spiro atoms. The van der Waals surface area contributed by atoms with Gasteiger partial charge in [-0.05, 0) is 62.1 Å². The third-order valence-corrected chi connectivity index (χ3v) is 4.67. The van der Waals surface area contributed by atoms with Crippen LogP contribution >= 0.6 is 0 Å². The highest BCUT2D eigenvalue weighted by Gasteiger charge is 2.15. The second-order valence-electron chi connectivity index (χ2n) is 7.15. The van der Waals surface area contributed by atoms with Crippen LogP contribution in [0.15, 0.2) is 30.3 Å². The lowest BCUT2D eigenvalue weighted by Gasteiger charge is -2.18. The van der Waals surface area contributed by atoms with E-state index in [0.717, 1.165) is 28.0 Å². The maximum atomic E-state index is 11.3. The number of rotatable bonds is 10. The first kappa shape index (κ1) is 22.7. The fourth-order valence-electron chi connectivity index (χ4n) is 2.94. The highest BCUT2D eigenvalue weighted by molar-refractivity contribution is 5.71. The monoisotopic (exact) mass is 401 g/mol. The lowest BCUT2D eigenvalue weighted by molar-refractivity contribution is -0.131. The van der Waals surface area contributed by atoms with Crippen molar-refractivity contribution in [2.45, 2.75) is 40.7 Å². The van der Waals surface area contributed by atoms with Gasteiger partial charge in [-0.2, -0.15) is 0 Å². The predicted octanol–water partition coefficient (Wildman–Crippen LogP) is 3.25. The Labute approximate surface area is 172 Å². The number of hydrogen-bond acceptors (Lipinski definition) is 6. The lowest BCUT2D eigenvalue weighted by Crippen LogP contribution is -2.33. The molecule has 0 saturated heterocycles. The maximum absolute atomic E-state index is 11.3. The molecule has 0 aliphatic heterocycles. The molecule has 0 radical (unpaired) electrons. The molecule has 158 valence electrons. The Morgan fingerprint density at radius 1 is 1.03 bits per heavy atom. The van der Waals surface area contributed by atoms with Gasteiger partial charge in [0.2, 0.25) is 0 Å². The molecule has 0 fully saturated rings. The molecule has 0 aliphatic rings. The van der Waals surface area contributed by atoms with Gasteiger partial charge in [-0.15, -0.1) is 0 Å². The molecule has 2 rings (SSSR count). The van der Waals surface area contributed by atoms with Crippen molar-refractivity contribution in [1.29, 1.82) is 0 Å². The van der Waals surface area contributed by atoms with Crippen molar-refractivity contribution in [3.63, 3.8) is 0 Å². The Hall–Kier alpha value is -2.57. The zero-order valence-electron chi connectivity index (χ0n) is 17.9. The van der Waals surface area contributed by atoms with Crippen molar-refractivity contribution < 1.29 is 24.1 Å². The Kier molecular flexibility index (Phi) is 8.49. The summed E-state index contributed by atoms with van der Waals surface area (Å²) in [5.74, 6) is 1.77. The molecule has 2 aromatic rings. The fourth-order valence-corrected chi connectivity index (χ4v) is 2.94. The van der Waals surface area contributed by atoms with Gasteiger partial charge in [0.15, 0.2) is 0 Å². The van der Waals surface area contributed by atoms with Gasteiger partial charge < -0.3 is 24.6 Å². The molecule has 6 nitrogen and oxygen atoms in total. The first-order chi connectivity index (χ1) is 13.8. The van der Waals surface area contributed by atoms with Crippen molar-refractivity contribution in [3.05, 3.63) is 52.6 Å². The number of ether oxygens (including phenoxy) is 3. The average Bonchev–Trinajstić information content (AvgIpc) is 2.68. The van der Waals surface area contributed by atoms with Crippen molar-refractivity contribution in [3.8, 4) is 17.2 Å². The molecule has 0 aliphatic carbocycles. The summed E-state index contributed by atoms with van der Waals surface area (Å²) < 4.78 is 16.8. The van der Waals surface area contributed by atoms with Crippen LogP contribution in [0.3, 0.4) is 0 Å². The summed E-state index contributed by atoms with van der Waals surface area (Å²) in [5.41, 5.74) is 3.66. The van der Waals surface area contributed by atoms with Crippen molar-refractivity contribution in [2.24, 2.45) is 0 Å². The Morgan fingerprint density at radius 3 is 2.45 bits per heavy atom. The van der Waals surface area contributed by atoms with Crippen LogP contribution in [0.25, 0.3) is 0 Å². The second kappa shape index (κ2) is 10.8. The van der Waals surface area contributed by atoms with Crippen LogP contribution in [0, 0.1) is 27.7 Å². The van der Waals surface area contributed by atoms with Gasteiger partial charge in [0.05, 0.1) is 0 Å². The summed E-state index contributed by atoms with van der Waals surface area (Å²) in [6.45, 7) is 10.8. The van der Waals surface area contributed by atoms with E-state index in [2.05, 4.69) is 5.32 Å². The highest BCUT2D eigenvalue weighted by atomic mass is 16.5. The van der Waals surface area contributed by atoms with Crippen molar-refractivity contribution >= 4 is 5.97 Å². The highest BCUT2D eigenvalue weighted by Crippen LogP contribution is 2.33. The van der Waals surface area contributed by atoms with Crippen molar-refractivity contribution in [2.75, 3.05) is 26.3 Å². The minimum absolute atomic E-state index is 0.165. The summed E-state index contributed by atoms with van der Waals surface area (Å²) in [4.78, 5) is 11.3. The topological polar surface area (TPSA) is 77.0 Å². The zero-order valence-corrected chi connectivity index (χ0v) is 17.9. The molecule has 0 unspecified atom stereocenters. The Bertz CT molecular complexity index is 834. The first-order valence-electron chi connectivity index (χ1n) is 9.78. The minimum atomic E-state index is -0.651. The van der Waals surface area contributed by atoms with Gasteiger partial charge in [0.1, 0.15) is 36.6 Å². The summed E-state index contributed by atoms with van der Waals surface area (Å²) in [5, 5.41) is 13.3. The summed E-state index contributed by atoms with van der Waals surface area (Å²) in [6, 6.07) is 9.70. The molecule has 0 bridgehead atoms. The molecule has 2 N–H and O–H groups in total. The Morgan fingerprint density at radius 2 is 1.76 bits per heavy atom. The van der Waals surface area contributed by atoms with Gasteiger partial charge in [0, 0.05) is 20.0 Å². The van der Waals surface area contributed by atoms with Crippen LogP contribution in [0.5, 0.6) is 17.2 Å². The van der Waals surface area contributed by atoms with Crippen molar-refractivity contribution in [1.82, 2.24) is 5.32 Å². The average molecular weight is 402 g/mol. The quantitative estimate of drug-likeness (QED) is 0.362. The third kappa shape index (κ3) is 6.76. The standard InChI is InChI=1S/C23H31NO5/c1-15-8-6-7-9-21(15)27-11-10-24-13-20(26)14-28-22-12-16(2)23(29-19(5)25)18(4)17(22)3/h6-9,12,20,24,26H,10-11,13-14H2,1-5H3/t20-/m0/s1. The molecule has 29 heavy (non-hydrogen) atoms. The third-order valence-electron chi connectivity index (χ3n) is 4.67. The number of benzene rings is 2. The normalized spacial score (nSPS) is 11.8. The molecule has 0 aromatic heterocycles. The van der Waals surface area contributed by atoms with Gasteiger partial charge in [-0.1, -0.05) is 18.2 Å². The number of carbonyl (C=O) groups excluding carboxylic acids is 1. The van der Waals surface area contributed by atoms with Gasteiger partial charge in [0.25, 0.3) is 0 Å². The number of aliphatic hydroxyl groups excluding tert-OH is 1. The number of aryl methyl sites for hydroxylation is 2. The molecule has 2 aromatic carbocycles. The first-order valence-corrected chi connectivity index (χ1v) is 9.78. The van der Waals surface area contributed by atoms with E-state index in [1.54, 1.807) is 0 Å². The van der Waals surface area contributed by atoms with E-state index < -0.39 is 6.10 Å². The summed E-state index contributed by atoms with van der Waals surface area (Å²) in [6.07, 6.45) is -0.651. The number of carbonyl (C=O) groups is 1. The van der Waals surface area contributed by atoms with Crippen LogP contribution in [0.1, 0.15) is 29.2 Å². The van der Waals surface area contributed by atoms with Crippen LogP contribution in [0.2, 0.25) is 0 Å². The van der Waals surface area contributed by atoms with Crippen LogP contribution in [0.4, 0.5) is 0 Å². The van der Waals surface area contributed by atoms with Crippen LogP contribution in [-0.2, 0) is 4.79 Å². The Balaban J connectivity index is 1.77. The van der Waals surface area contributed by atoms with E-state index in [4.69, 9.17) is 14.2 Å². The van der Waals surface area contributed by atoms with E-state index >= 15 is 0 Å². The van der Waals surface area contributed by atoms with Gasteiger partial charge >= 0.3 is 5.97 Å². The number of hydrogen-bond donors (Lipinski definition) is 2. The minimum Gasteiger partial charge on any atom is -0.492 e. The van der Waals surface area contributed by atoms with Crippen LogP contribution < -0.4 is 19.5 Å². The molecular weight excluding hydrogens is 370 g/mol. The maximum Gasteiger partial charge on any atom is 0.308 e. The molecule has 6 heteroatoms. The summed E-state index contributed by atoms with van der Waals surface area (Å²) >= 11 is 0. The summed E-state index contributed by atoms with van der Waals surface area (Å²) in [7, 11) is 0. The van der Waals surface area contributed by atoms with E-state index in [9.17, 15) is 9.90 Å². The van der Waals surface area contributed by atoms with E-state index in [1.165, 1.54) is 6.92 Å².